The number of amides is 1. The molecule has 1 amide bonds. The summed E-state index contributed by atoms with van der Waals surface area (Å²) in [4.78, 5) is 11.8. The van der Waals surface area contributed by atoms with Gasteiger partial charge in [-0.15, -0.1) is 0 Å². The van der Waals surface area contributed by atoms with E-state index in [-0.39, 0.29) is 11.3 Å². The summed E-state index contributed by atoms with van der Waals surface area (Å²) in [5.41, 5.74) is -1.80. The zero-order valence-electron chi connectivity index (χ0n) is 15.5. The zero-order valence-corrected chi connectivity index (χ0v) is 16.3. The third-order valence-electron chi connectivity index (χ3n) is 2.75. The molecule has 1 aromatic rings. The van der Waals surface area contributed by atoms with Gasteiger partial charge in [-0.25, -0.2) is 4.79 Å². The van der Waals surface area contributed by atoms with Gasteiger partial charge in [-0.1, -0.05) is 4.40 Å². The molecule has 0 aromatic heterocycles. The van der Waals surface area contributed by atoms with Gasteiger partial charge in [0.1, 0.15) is 21.7 Å². The molecule has 0 spiro atoms. The van der Waals surface area contributed by atoms with Crippen molar-refractivity contribution in [3.05, 3.63) is 29.3 Å². The molecule has 1 N–H and O–H groups in total. The molecule has 5 nitrogen and oxygen atoms in total. The molecule has 0 radical (unpaired) electrons. The number of ether oxygens (including phenoxy) is 1. The number of rotatable bonds is 3. The summed E-state index contributed by atoms with van der Waals surface area (Å²) in [7, 11) is 0. The molecule has 0 unspecified atom stereocenters. The molecular weight excluding hydrogens is 369 g/mol. The SMILES string of the molecule is CC(C)(C)OC(=O)Nc1cc(/C=N/[S@@+]([O-])C(C)(C)C)cc(C(F)(F)F)c1. The maximum atomic E-state index is 13.1. The lowest BCUT2D eigenvalue weighted by Crippen LogP contribution is -2.27. The molecule has 0 fully saturated rings. The summed E-state index contributed by atoms with van der Waals surface area (Å²) in [6, 6.07) is 2.95. The van der Waals surface area contributed by atoms with Crippen LogP contribution in [0.25, 0.3) is 0 Å². The molecule has 0 aliphatic carbocycles. The third-order valence-corrected chi connectivity index (χ3v) is 4.09. The minimum Gasteiger partial charge on any atom is -0.591 e. The number of benzene rings is 1. The van der Waals surface area contributed by atoms with Crippen molar-refractivity contribution in [3.8, 4) is 0 Å². The summed E-state index contributed by atoms with van der Waals surface area (Å²) in [5, 5.41) is 2.27. The van der Waals surface area contributed by atoms with Crippen molar-refractivity contribution < 1.29 is 27.3 Å². The monoisotopic (exact) mass is 392 g/mol. The lowest BCUT2D eigenvalue weighted by Gasteiger charge is -2.20. The molecule has 0 aliphatic rings. The Balaban J connectivity index is 3.16. The quantitative estimate of drug-likeness (QED) is 0.585. The first-order valence-electron chi connectivity index (χ1n) is 7.76. The summed E-state index contributed by atoms with van der Waals surface area (Å²) in [5.74, 6) is 0. The summed E-state index contributed by atoms with van der Waals surface area (Å²) in [6.07, 6.45) is -4.40. The highest BCUT2D eigenvalue weighted by Gasteiger charge is 2.32. The van der Waals surface area contributed by atoms with Crippen LogP contribution in [0.2, 0.25) is 0 Å². The highest BCUT2D eigenvalue weighted by atomic mass is 32.2. The second-order valence-corrected chi connectivity index (χ2v) is 9.50. The van der Waals surface area contributed by atoms with Crippen molar-refractivity contribution in [2.45, 2.75) is 58.1 Å². The molecule has 146 valence electrons. The van der Waals surface area contributed by atoms with Crippen molar-refractivity contribution in [3.63, 3.8) is 0 Å². The molecule has 9 heteroatoms. The predicted octanol–water partition coefficient (Wildman–Crippen LogP) is 4.93. The zero-order chi connectivity index (χ0) is 20.3. The normalized spacial score (nSPS) is 14.4. The summed E-state index contributed by atoms with van der Waals surface area (Å²) < 4.78 is 59.4. The fourth-order valence-electron chi connectivity index (χ4n) is 1.65. The first-order chi connectivity index (χ1) is 11.6. The van der Waals surface area contributed by atoms with E-state index in [0.717, 1.165) is 18.3 Å². The molecule has 0 aliphatic heterocycles. The van der Waals surface area contributed by atoms with E-state index in [1.165, 1.54) is 6.07 Å². The van der Waals surface area contributed by atoms with Gasteiger partial charge in [-0.3, -0.25) is 5.32 Å². The van der Waals surface area contributed by atoms with Crippen LogP contribution in [0.3, 0.4) is 0 Å². The molecule has 0 heterocycles. The molecular formula is C17H23F3N2O3S. The van der Waals surface area contributed by atoms with Crippen LogP contribution >= 0.6 is 0 Å². The molecule has 0 saturated heterocycles. The van der Waals surface area contributed by atoms with Crippen molar-refractivity contribution >= 4 is 29.4 Å². The number of alkyl halides is 3. The Bertz CT molecular complexity index is 677. The van der Waals surface area contributed by atoms with E-state index in [2.05, 4.69) is 9.71 Å². The average Bonchev–Trinajstić information content (AvgIpc) is 2.40. The first-order valence-corrected chi connectivity index (χ1v) is 8.87. The van der Waals surface area contributed by atoms with Crippen molar-refractivity contribution in [2.24, 2.45) is 4.40 Å². The highest BCUT2D eigenvalue weighted by molar-refractivity contribution is 7.91. The van der Waals surface area contributed by atoms with E-state index in [4.69, 9.17) is 4.74 Å². The average molecular weight is 392 g/mol. The Morgan fingerprint density at radius 3 is 2.19 bits per heavy atom. The van der Waals surface area contributed by atoms with Gasteiger partial charge in [0.25, 0.3) is 0 Å². The van der Waals surface area contributed by atoms with E-state index >= 15 is 0 Å². The van der Waals surface area contributed by atoms with Gasteiger partial charge in [0.05, 0.1) is 11.8 Å². The van der Waals surface area contributed by atoms with Gasteiger partial charge in [-0.2, -0.15) is 13.2 Å². The van der Waals surface area contributed by atoms with Crippen LogP contribution in [-0.4, -0.2) is 27.2 Å². The molecule has 26 heavy (non-hydrogen) atoms. The van der Waals surface area contributed by atoms with E-state index in [9.17, 15) is 22.5 Å². The smallest absolute Gasteiger partial charge is 0.416 e. The Hall–Kier alpha value is -1.74. The van der Waals surface area contributed by atoms with Gasteiger partial charge < -0.3 is 9.29 Å². The molecule has 0 saturated carbocycles. The fraction of sp³-hybridized carbons (Fsp3) is 0.529. The van der Waals surface area contributed by atoms with Crippen LogP contribution in [-0.2, 0) is 22.3 Å². The van der Waals surface area contributed by atoms with Crippen LogP contribution in [0.15, 0.2) is 22.6 Å². The Kier molecular flexibility index (Phi) is 6.75. The van der Waals surface area contributed by atoms with Crippen molar-refractivity contribution in [1.29, 1.82) is 0 Å². The van der Waals surface area contributed by atoms with Gasteiger partial charge in [-0.05, 0) is 65.3 Å². The van der Waals surface area contributed by atoms with Gasteiger partial charge in [0, 0.05) is 5.69 Å². The number of anilines is 1. The van der Waals surface area contributed by atoms with E-state index < -0.39 is 39.5 Å². The Morgan fingerprint density at radius 1 is 1.15 bits per heavy atom. The predicted molar refractivity (Wildman–Crippen MR) is 96.8 cm³/mol. The molecule has 1 rings (SSSR count). The van der Waals surface area contributed by atoms with Gasteiger partial charge in [0.2, 0.25) is 0 Å². The van der Waals surface area contributed by atoms with Crippen molar-refractivity contribution in [2.75, 3.05) is 5.32 Å². The Labute approximate surface area is 154 Å². The lowest BCUT2D eigenvalue weighted by molar-refractivity contribution is -0.137. The molecule has 1 atom stereocenters. The van der Waals surface area contributed by atoms with E-state index in [1.807, 2.05) is 0 Å². The van der Waals surface area contributed by atoms with E-state index in [1.54, 1.807) is 41.5 Å². The van der Waals surface area contributed by atoms with Crippen LogP contribution in [0.1, 0.15) is 52.7 Å². The number of hydrogen-bond acceptors (Lipinski definition) is 4. The number of halogens is 3. The van der Waals surface area contributed by atoms with Gasteiger partial charge >= 0.3 is 12.3 Å². The Morgan fingerprint density at radius 2 is 1.73 bits per heavy atom. The largest absolute Gasteiger partial charge is 0.591 e. The van der Waals surface area contributed by atoms with Crippen LogP contribution in [0.4, 0.5) is 23.7 Å². The van der Waals surface area contributed by atoms with E-state index in [0.29, 0.717) is 0 Å². The van der Waals surface area contributed by atoms with Crippen molar-refractivity contribution in [1.82, 2.24) is 0 Å². The van der Waals surface area contributed by atoms with Crippen LogP contribution in [0, 0.1) is 0 Å². The maximum Gasteiger partial charge on any atom is 0.416 e. The fourth-order valence-corrected chi connectivity index (χ4v) is 2.18. The van der Waals surface area contributed by atoms with Crippen LogP contribution < -0.4 is 5.32 Å². The molecule has 1 aromatic carbocycles. The summed E-state index contributed by atoms with van der Waals surface area (Å²) >= 11 is -1.62. The first kappa shape index (κ1) is 22.3. The number of hydrogen-bond donors (Lipinski definition) is 1. The maximum absolute atomic E-state index is 13.1. The standard InChI is InChI=1S/C17H23F3N2O3S/c1-15(2,3)25-14(23)22-13-8-11(7-12(9-13)17(18,19)20)10-21-26(24)16(4,5)6/h7-10H,1-6H3,(H,22,23)/b21-10+/t26-/m0/s1. The number of carbonyl (C=O) groups excluding carboxylic acids is 1. The highest BCUT2D eigenvalue weighted by Crippen LogP contribution is 2.32. The van der Waals surface area contributed by atoms with Crippen LogP contribution in [0.5, 0.6) is 0 Å². The second-order valence-electron chi connectivity index (χ2n) is 7.56. The minimum atomic E-state index is -4.61. The second kappa shape index (κ2) is 7.87. The number of carbonyl (C=O) groups is 1. The molecule has 0 bridgehead atoms. The topological polar surface area (TPSA) is 73.8 Å². The lowest BCUT2D eigenvalue weighted by atomic mass is 10.1. The number of nitrogens with zero attached hydrogens (tertiary/aromatic N) is 1. The third kappa shape index (κ3) is 7.65. The number of nitrogens with one attached hydrogen (secondary N) is 1. The minimum absolute atomic E-state index is 0.0588. The summed E-state index contributed by atoms with van der Waals surface area (Å²) in [6.45, 7) is 10.0. The van der Waals surface area contributed by atoms with Gasteiger partial charge in [0.15, 0.2) is 0 Å².